The second-order valence-corrected chi connectivity index (χ2v) is 6.94. The van der Waals surface area contributed by atoms with Gasteiger partial charge in [-0.15, -0.1) is 0 Å². The number of hydrogen-bond acceptors (Lipinski definition) is 4. The van der Waals surface area contributed by atoms with Gasteiger partial charge < -0.3 is 5.32 Å². The second kappa shape index (κ2) is 5.48. The zero-order valence-electron chi connectivity index (χ0n) is 10.8. The molecule has 2 rings (SSSR count). The molecule has 6 heteroatoms. The molecule has 2 saturated heterocycles. The first kappa shape index (κ1) is 13.7. The highest BCUT2D eigenvalue weighted by Crippen LogP contribution is 2.18. The quantitative estimate of drug-likeness (QED) is 0.736. The van der Waals surface area contributed by atoms with Crippen LogP contribution in [0.15, 0.2) is 0 Å². The Morgan fingerprint density at radius 2 is 1.89 bits per heavy atom. The number of carbonyl (C=O) groups is 2. The molecular weight excluding hydrogens is 252 g/mol. The summed E-state index contributed by atoms with van der Waals surface area (Å²) < 4.78 is 11.3. The Kier molecular flexibility index (Phi) is 4.17. The lowest BCUT2D eigenvalue weighted by atomic mass is 10.1. The number of hydrogen-bond donors (Lipinski definition) is 1. The largest absolute Gasteiger partial charge is 0.303 e. The lowest BCUT2D eigenvalue weighted by molar-refractivity contribution is -0.140. The molecule has 0 aromatic carbocycles. The van der Waals surface area contributed by atoms with Crippen LogP contribution in [0.25, 0.3) is 0 Å². The lowest BCUT2D eigenvalue weighted by Gasteiger charge is -2.25. The first-order valence-electron chi connectivity index (χ1n) is 6.46. The van der Waals surface area contributed by atoms with Crippen LogP contribution in [0.5, 0.6) is 0 Å². The third kappa shape index (κ3) is 2.80. The van der Waals surface area contributed by atoms with Crippen LogP contribution in [0, 0.1) is 0 Å². The van der Waals surface area contributed by atoms with Crippen LogP contribution < -0.4 is 5.32 Å². The summed E-state index contributed by atoms with van der Waals surface area (Å²) in [5.41, 5.74) is 0. The van der Waals surface area contributed by atoms with Gasteiger partial charge in [-0.1, -0.05) is 0 Å². The van der Waals surface area contributed by atoms with Gasteiger partial charge in [-0.2, -0.15) is 0 Å². The van der Waals surface area contributed by atoms with Gasteiger partial charge in [0.15, 0.2) is 0 Å². The van der Waals surface area contributed by atoms with Crippen molar-refractivity contribution >= 4 is 22.6 Å². The summed E-state index contributed by atoms with van der Waals surface area (Å²) in [6.45, 7) is 3.70. The van der Waals surface area contributed by atoms with Crippen molar-refractivity contribution in [1.82, 2.24) is 10.2 Å². The number of amides is 2. The van der Waals surface area contributed by atoms with Gasteiger partial charge in [0.1, 0.15) is 0 Å². The van der Waals surface area contributed by atoms with Gasteiger partial charge in [-0.3, -0.25) is 18.7 Å². The Hall–Kier alpha value is -0.750. The molecule has 0 aromatic heterocycles. The molecule has 0 bridgehead atoms. The Bertz CT molecular complexity index is 374. The molecule has 0 aliphatic carbocycles. The average Bonchev–Trinajstić information content (AvgIpc) is 2.57. The van der Waals surface area contributed by atoms with E-state index in [0.717, 1.165) is 12.8 Å². The molecule has 2 heterocycles. The fourth-order valence-electron chi connectivity index (χ4n) is 2.57. The summed E-state index contributed by atoms with van der Waals surface area (Å²) in [5.74, 6) is 1.19. The maximum Gasteiger partial charge on any atom is 0.247 e. The molecular formula is C12H20N2O3S. The van der Waals surface area contributed by atoms with Crippen molar-refractivity contribution < 1.29 is 13.8 Å². The van der Waals surface area contributed by atoms with Crippen LogP contribution in [0.4, 0.5) is 0 Å². The summed E-state index contributed by atoms with van der Waals surface area (Å²) in [4.78, 5) is 25.2. The second-order valence-electron chi connectivity index (χ2n) is 5.24. The maximum absolute atomic E-state index is 12.1. The van der Waals surface area contributed by atoms with Crippen LogP contribution in [-0.4, -0.2) is 50.6 Å². The summed E-state index contributed by atoms with van der Waals surface area (Å²) in [7, 11) is -0.696. The van der Waals surface area contributed by atoms with Gasteiger partial charge in [0.2, 0.25) is 11.8 Å². The van der Waals surface area contributed by atoms with Crippen molar-refractivity contribution in [3.8, 4) is 0 Å². The van der Waals surface area contributed by atoms with E-state index in [2.05, 4.69) is 5.32 Å². The van der Waals surface area contributed by atoms with E-state index in [1.54, 1.807) is 0 Å². The predicted molar refractivity (Wildman–Crippen MR) is 69.4 cm³/mol. The number of imide groups is 1. The fourth-order valence-corrected chi connectivity index (χ4v) is 3.87. The molecule has 0 aromatic rings. The minimum atomic E-state index is -0.696. The van der Waals surface area contributed by atoms with Gasteiger partial charge in [0.05, 0.1) is 12.5 Å². The summed E-state index contributed by atoms with van der Waals surface area (Å²) in [5, 5.41) is 3.26. The molecule has 0 radical (unpaired) electrons. The molecule has 1 atom stereocenters. The van der Waals surface area contributed by atoms with E-state index < -0.39 is 10.8 Å². The molecule has 1 unspecified atom stereocenters. The highest BCUT2D eigenvalue weighted by atomic mass is 32.2. The topological polar surface area (TPSA) is 66.5 Å². The standard InChI is InChI=1S/C12H20N2O3S/c1-8(2)14-11(15)7-10(12(14)16)13-9-3-5-18(17)6-4-9/h8-10,13H,3-7H2,1-2H3. The first-order chi connectivity index (χ1) is 8.49. The minimum Gasteiger partial charge on any atom is -0.303 e. The van der Waals surface area contributed by atoms with Crippen molar-refractivity contribution in [2.45, 2.75) is 51.2 Å². The highest BCUT2D eigenvalue weighted by molar-refractivity contribution is 7.85. The normalized spacial score (nSPS) is 33.5. The third-order valence-corrected chi connectivity index (χ3v) is 4.91. The molecule has 2 fully saturated rings. The molecule has 2 amide bonds. The van der Waals surface area contributed by atoms with Crippen molar-refractivity contribution in [3.05, 3.63) is 0 Å². The Balaban J connectivity index is 1.93. The minimum absolute atomic E-state index is 0.0735. The Morgan fingerprint density at radius 3 is 2.39 bits per heavy atom. The fraction of sp³-hybridized carbons (Fsp3) is 0.833. The van der Waals surface area contributed by atoms with Gasteiger partial charge in [-0.05, 0) is 26.7 Å². The van der Waals surface area contributed by atoms with E-state index in [4.69, 9.17) is 0 Å². The highest BCUT2D eigenvalue weighted by Gasteiger charge is 2.40. The van der Waals surface area contributed by atoms with Crippen LogP contribution >= 0.6 is 0 Å². The van der Waals surface area contributed by atoms with Gasteiger partial charge in [-0.25, -0.2) is 0 Å². The van der Waals surface area contributed by atoms with Gasteiger partial charge in [0, 0.05) is 34.4 Å². The molecule has 2 aliphatic heterocycles. The van der Waals surface area contributed by atoms with Gasteiger partial charge >= 0.3 is 0 Å². The van der Waals surface area contributed by atoms with E-state index in [9.17, 15) is 13.8 Å². The number of nitrogens with one attached hydrogen (secondary N) is 1. The SMILES string of the molecule is CC(C)N1C(=O)CC(NC2CCS(=O)CC2)C1=O. The van der Waals surface area contributed by atoms with E-state index in [1.165, 1.54) is 4.90 Å². The molecule has 2 aliphatic rings. The van der Waals surface area contributed by atoms with Crippen LogP contribution in [0.2, 0.25) is 0 Å². The lowest BCUT2D eigenvalue weighted by Crippen LogP contribution is -2.47. The van der Waals surface area contributed by atoms with Crippen molar-refractivity contribution in [1.29, 1.82) is 0 Å². The molecule has 0 saturated carbocycles. The smallest absolute Gasteiger partial charge is 0.247 e. The number of carbonyl (C=O) groups excluding carboxylic acids is 2. The van der Waals surface area contributed by atoms with Crippen molar-refractivity contribution in [2.24, 2.45) is 0 Å². The third-order valence-electron chi connectivity index (χ3n) is 3.52. The summed E-state index contributed by atoms with van der Waals surface area (Å²) in [6, 6.07) is -0.233. The van der Waals surface area contributed by atoms with Crippen LogP contribution in [0.3, 0.4) is 0 Å². The molecule has 0 spiro atoms. The zero-order valence-corrected chi connectivity index (χ0v) is 11.7. The summed E-state index contributed by atoms with van der Waals surface area (Å²) >= 11 is 0. The molecule has 1 N–H and O–H groups in total. The van der Waals surface area contributed by atoms with Crippen LogP contribution in [-0.2, 0) is 20.4 Å². The zero-order chi connectivity index (χ0) is 13.3. The number of rotatable bonds is 3. The van der Waals surface area contributed by atoms with Crippen molar-refractivity contribution in [3.63, 3.8) is 0 Å². The molecule has 102 valence electrons. The summed E-state index contributed by atoms with van der Waals surface area (Å²) in [6.07, 6.45) is 1.91. The van der Waals surface area contributed by atoms with E-state index in [1.807, 2.05) is 13.8 Å². The Morgan fingerprint density at radius 1 is 1.28 bits per heavy atom. The predicted octanol–water partition coefficient (Wildman–Crippen LogP) is 0.0230. The number of nitrogens with zero attached hydrogens (tertiary/aromatic N) is 1. The Labute approximate surface area is 110 Å². The number of likely N-dealkylation sites (tertiary alicyclic amines) is 1. The van der Waals surface area contributed by atoms with E-state index in [-0.39, 0.29) is 36.4 Å². The van der Waals surface area contributed by atoms with Crippen molar-refractivity contribution in [2.75, 3.05) is 11.5 Å². The van der Waals surface area contributed by atoms with E-state index >= 15 is 0 Å². The monoisotopic (exact) mass is 272 g/mol. The molecule has 5 nitrogen and oxygen atoms in total. The molecule has 18 heavy (non-hydrogen) atoms. The first-order valence-corrected chi connectivity index (χ1v) is 7.94. The van der Waals surface area contributed by atoms with Crippen LogP contribution in [0.1, 0.15) is 33.1 Å². The maximum atomic E-state index is 12.1. The van der Waals surface area contributed by atoms with E-state index in [0.29, 0.717) is 11.5 Å². The average molecular weight is 272 g/mol. The van der Waals surface area contributed by atoms with Gasteiger partial charge in [0.25, 0.3) is 0 Å².